The highest BCUT2D eigenvalue weighted by molar-refractivity contribution is 5.90. The molecule has 4 rings (SSSR count). The predicted molar refractivity (Wildman–Crippen MR) is 94.7 cm³/mol. The van der Waals surface area contributed by atoms with Crippen LogP contribution in [0.15, 0.2) is 35.1 Å². The van der Waals surface area contributed by atoms with Crippen molar-refractivity contribution in [1.82, 2.24) is 29.8 Å². The highest BCUT2D eigenvalue weighted by Gasteiger charge is 2.25. The molecule has 3 aromatic rings. The third-order valence-electron chi connectivity index (χ3n) is 4.79. The zero-order chi connectivity index (χ0) is 17.9. The van der Waals surface area contributed by atoms with Gasteiger partial charge in [0.1, 0.15) is 5.76 Å². The predicted octanol–water partition coefficient (Wildman–Crippen LogP) is 1.98. The summed E-state index contributed by atoms with van der Waals surface area (Å²) >= 11 is 0. The highest BCUT2D eigenvalue weighted by atomic mass is 16.3. The molecule has 26 heavy (non-hydrogen) atoms. The number of amides is 1. The number of fused-ring (bicyclic) bond motifs is 1. The summed E-state index contributed by atoms with van der Waals surface area (Å²) in [4.78, 5) is 23.3. The molecule has 0 bridgehead atoms. The summed E-state index contributed by atoms with van der Waals surface area (Å²) in [5.74, 6) is 1.12. The van der Waals surface area contributed by atoms with Gasteiger partial charge < -0.3 is 9.73 Å². The molecule has 1 N–H and O–H groups in total. The summed E-state index contributed by atoms with van der Waals surface area (Å²) < 4.78 is 7.19. The van der Waals surface area contributed by atoms with E-state index in [9.17, 15) is 4.79 Å². The van der Waals surface area contributed by atoms with Crippen molar-refractivity contribution in [2.75, 3.05) is 19.6 Å². The second-order valence-corrected chi connectivity index (χ2v) is 6.57. The Morgan fingerprint density at radius 1 is 1.31 bits per heavy atom. The van der Waals surface area contributed by atoms with Crippen LogP contribution in [0.5, 0.6) is 0 Å². The molecule has 1 amide bonds. The molecule has 0 unspecified atom stereocenters. The Kier molecular flexibility index (Phi) is 4.66. The van der Waals surface area contributed by atoms with E-state index in [1.165, 1.54) is 19.3 Å². The normalized spacial score (nSPS) is 16.7. The largest absolute Gasteiger partial charge is 0.468 e. The Balaban J connectivity index is 1.49. The molecule has 4 heterocycles. The van der Waals surface area contributed by atoms with E-state index in [0.717, 1.165) is 24.5 Å². The summed E-state index contributed by atoms with van der Waals surface area (Å²) in [6.07, 6.45) is 6.93. The summed E-state index contributed by atoms with van der Waals surface area (Å²) in [7, 11) is 0. The molecular weight excluding hydrogens is 332 g/mol. The van der Waals surface area contributed by atoms with E-state index in [2.05, 4.69) is 25.3 Å². The Morgan fingerprint density at radius 2 is 2.15 bits per heavy atom. The van der Waals surface area contributed by atoms with Crippen LogP contribution in [-0.4, -0.2) is 50.0 Å². The fourth-order valence-electron chi connectivity index (χ4n) is 3.39. The van der Waals surface area contributed by atoms with Crippen LogP contribution in [0.3, 0.4) is 0 Å². The average molecular weight is 354 g/mol. The van der Waals surface area contributed by atoms with Crippen molar-refractivity contribution in [2.24, 2.45) is 0 Å². The number of aryl methyl sites for hydroxylation is 1. The van der Waals surface area contributed by atoms with Crippen molar-refractivity contribution in [3.8, 4) is 0 Å². The molecule has 8 heteroatoms. The maximum Gasteiger partial charge on any atom is 0.291 e. The van der Waals surface area contributed by atoms with E-state index in [1.54, 1.807) is 17.0 Å². The fourth-order valence-corrected chi connectivity index (χ4v) is 3.39. The van der Waals surface area contributed by atoms with Crippen LogP contribution in [0, 0.1) is 6.92 Å². The molecular formula is C18H22N6O2. The summed E-state index contributed by atoms with van der Waals surface area (Å²) in [6.45, 7) is 4.37. The average Bonchev–Trinajstić information content (AvgIpc) is 3.33. The van der Waals surface area contributed by atoms with Gasteiger partial charge in [0.2, 0.25) is 5.82 Å². The van der Waals surface area contributed by atoms with E-state index in [-0.39, 0.29) is 17.8 Å². The van der Waals surface area contributed by atoms with E-state index in [1.807, 2.05) is 25.1 Å². The Hall–Kier alpha value is -2.74. The molecule has 0 saturated carbocycles. The van der Waals surface area contributed by atoms with Gasteiger partial charge in [-0.15, -0.1) is 5.10 Å². The Morgan fingerprint density at radius 3 is 2.88 bits per heavy atom. The number of aromatic nitrogens is 4. The number of carbonyl (C=O) groups is 1. The van der Waals surface area contributed by atoms with Crippen LogP contribution in [0.1, 0.15) is 47.4 Å². The number of rotatable bonds is 5. The SMILES string of the molecule is Cc1ccnc2nc(C(=O)NC[C@H](c3ccco3)N3CCCCC3)nn12. The molecule has 1 aliphatic heterocycles. The van der Waals surface area contributed by atoms with Gasteiger partial charge in [-0.3, -0.25) is 9.69 Å². The summed E-state index contributed by atoms with van der Waals surface area (Å²) in [5, 5.41) is 7.22. The molecule has 136 valence electrons. The Bertz CT molecular complexity index is 882. The van der Waals surface area contributed by atoms with Crippen LogP contribution < -0.4 is 5.32 Å². The molecule has 0 spiro atoms. The molecule has 0 aliphatic carbocycles. The first-order chi connectivity index (χ1) is 12.7. The van der Waals surface area contributed by atoms with Gasteiger partial charge in [0, 0.05) is 18.4 Å². The van der Waals surface area contributed by atoms with Crippen LogP contribution in [0.2, 0.25) is 0 Å². The van der Waals surface area contributed by atoms with Crippen molar-refractivity contribution in [2.45, 2.75) is 32.2 Å². The summed E-state index contributed by atoms with van der Waals surface area (Å²) in [6, 6.07) is 5.69. The van der Waals surface area contributed by atoms with E-state index >= 15 is 0 Å². The van der Waals surface area contributed by atoms with Gasteiger partial charge in [0.15, 0.2) is 0 Å². The number of hydrogen-bond acceptors (Lipinski definition) is 6. The summed E-state index contributed by atoms with van der Waals surface area (Å²) in [5.41, 5.74) is 0.878. The lowest BCUT2D eigenvalue weighted by Gasteiger charge is -2.33. The van der Waals surface area contributed by atoms with Crippen molar-refractivity contribution < 1.29 is 9.21 Å². The quantitative estimate of drug-likeness (QED) is 0.754. The molecule has 1 fully saturated rings. The lowest BCUT2D eigenvalue weighted by atomic mass is 10.1. The molecule has 1 saturated heterocycles. The van der Waals surface area contributed by atoms with Crippen molar-refractivity contribution in [1.29, 1.82) is 0 Å². The van der Waals surface area contributed by atoms with Crippen LogP contribution in [0.4, 0.5) is 0 Å². The standard InChI is InChI=1S/C18H22N6O2/c1-13-7-8-19-18-21-16(22-24(13)18)17(25)20-12-14(15-6-5-11-26-15)23-9-3-2-4-10-23/h5-8,11,14H,2-4,9-10,12H2,1H3,(H,20,25)/t14-/m1/s1. The lowest BCUT2D eigenvalue weighted by Crippen LogP contribution is -2.40. The lowest BCUT2D eigenvalue weighted by molar-refractivity contribution is 0.0904. The van der Waals surface area contributed by atoms with Gasteiger partial charge >= 0.3 is 0 Å². The van der Waals surface area contributed by atoms with Crippen LogP contribution in [-0.2, 0) is 0 Å². The number of hydrogen-bond donors (Lipinski definition) is 1. The first kappa shape index (κ1) is 16.7. The number of carbonyl (C=O) groups excluding carboxylic acids is 1. The minimum atomic E-state index is -0.302. The second-order valence-electron chi connectivity index (χ2n) is 6.57. The topological polar surface area (TPSA) is 88.6 Å². The van der Waals surface area contributed by atoms with Gasteiger partial charge in [0.05, 0.1) is 12.3 Å². The van der Waals surface area contributed by atoms with Gasteiger partial charge in [-0.2, -0.15) is 4.98 Å². The molecule has 0 radical (unpaired) electrons. The monoisotopic (exact) mass is 354 g/mol. The van der Waals surface area contributed by atoms with Crippen LogP contribution >= 0.6 is 0 Å². The maximum atomic E-state index is 12.6. The third kappa shape index (κ3) is 3.32. The third-order valence-corrected chi connectivity index (χ3v) is 4.79. The number of piperidine rings is 1. The number of nitrogens with one attached hydrogen (secondary N) is 1. The van der Waals surface area contributed by atoms with Gasteiger partial charge in [-0.05, 0) is 51.1 Å². The molecule has 0 aromatic carbocycles. The van der Waals surface area contributed by atoms with E-state index in [0.29, 0.717) is 12.3 Å². The molecule has 1 atom stereocenters. The van der Waals surface area contributed by atoms with Crippen LogP contribution in [0.25, 0.3) is 5.78 Å². The zero-order valence-electron chi connectivity index (χ0n) is 14.8. The Labute approximate surface area is 151 Å². The van der Waals surface area contributed by atoms with E-state index < -0.39 is 0 Å². The highest BCUT2D eigenvalue weighted by Crippen LogP contribution is 2.24. The first-order valence-electron chi connectivity index (χ1n) is 8.96. The fraction of sp³-hybridized carbons (Fsp3) is 0.444. The van der Waals surface area contributed by atoms with E-state index in [4.69, 9.17) is 4.42 Å². The van der Waals surface area contributed by atoms with Gasteiger partial charge in [-0.1, -0.05) is 6.42 Å². The van der Waals surface area contributed by atoms with Gasteiger partial charge in [-0.25, -0.2) is 9.50 Å². The number of furan rings is 1. The molecule has 1 aliphatic rings. The van der Waals surface area contributed by atoms with Crippen molar-refractivity contribution >= 4 is 11.7 Å². The zero-order valence-corrected chi connectivity index (χ0v) is 14.8. The molecule has 8 nitrogen and oxygen atoms in total. The minimum absolute atomic E-state index is 0.0196. The second kappa shape index (κ2) is 7.25. The van der Waals surface area contributed by atoms with Crippen molar-refractivity contribution in [3.05, 3.63) is 47.9 Å². The maximum absolute atomic E-state index is 12.6. The number of likely N-dealkylation sites (tertiary alicyclic amines) is 1. The van der Waals surface area contributed by atoms with Crippen molar-refractivity contribution in [3.63, 3.8) is 0 Å². The first-order valence-corrected chi connectivity index (χ1v) is 8.96. The molecule has 3 aromatic heterocycles. The van der Waals surface area contributed by atoms with Gasteiger partial charge in [0.25, 0.3) is 11.7 Å². The minimum Gasteiger partial charge on any atom is -0.468 e. The number of nitrogens with zero attached hydrogens (tertiary/aromatic N) is 5. The smallest absolute Gasteiger partial charge is 0.291 e.